The molecule has 0 radical (unpaired) electrons. The van der Waals surface area contributed by atoms with Crippen molar-refractivity contribution in [2.45, 2.75) is 0 Å². The lowest BCUT2D eigenvalue weighted by atomic mass is 10.3. The lowest BCUT2D eigenvalue weighted by Gasteiger charge is -2.06. The molecule has 19 heavy (non-hydrogen) atoms. The summed E-state index contributed by atoms with van der Waals surface area (Å²) in [4.78, 5) is 26.1. The van der Waals surface area contributed by atoms with E-state index in [-0.39, 0.29) is 5.75 Å². The fourth-order valence-electron chi connectivity index (χ4n) is 1.23. The average Bonchev–Trinajstić information content (AvgIpc) is 2.36. The Balaban J connectivity index is 2.28. The number of hydrogen-bond acceptors (Lipinski definition) is 5. The largest absolute Gasteiger partial charge is 0.427 e. The van der Waals surface area contributed by atoms with Gasteiger partial charge in [-0.15, -0.1) is 0 Å². The van der Waals surface area contributed by atoms with Gasteiger partial charge in [-0.2, -0.15) is 9.55 Å². The third-order valence-corrected chi connectivity index (χ3v) is 2.38. The molecule has 0 spiro atoms. The van der Waals surface area contributed by atoms with Crippen molar-refractivity contribution in [3.05, 3.63) is 51.8 Å². The number of aromatic nitrogens is 2. The molecule has 0 saturated heterocycles. The molecule has 0 saturated carbocycles. The summed E-state index contributed by atoms with van der Waals surface area (Å²) in [6, 6.07) is 5.84. The van der Waals surface area contributed by atoms with E-state index in [1.54, 1.807) is 0 Å². The third-order valence-electron chi connectivity index (χ3n) is 2.12. The highest BCUT2D eigenvalue weighted by molar-refractivity contribution is 6.30. The number of carbonyl (C=O) groups excluding carboxylic acids is 1. The van der Waals surface area contributed by atoms with Gasteiger partial charge in [-0.3, -0.25) is 0 Å². The first-order valence-corrected chi connectivity index (χ1v) is 5.37. The van der Waals surface area contributed by atoms with Gasteiger partial charge < -0.3 is 10.5 Å². The minimum absolute atomic E-state index is 0.151. The smallest absolute Gasteiger partial charge is 0.410 e. The van der Waals surface area contributed by atoms with Gasteiger partial charge in [0.15, 0.2) is 11.6 Å². The summed E-state index contributed by atoms with van der Waals surface area (Å²) >= 11 is 5.66. The summed E-state index contributed by atoms with van der Waals surface area (Å²) in [6.45, 7) is 0. The summed E-state index contributed by atoms with van der Waals surface area (Å²) < 4.78 is 18.4. The van der Waals surface area contributed by atoms with Crippen LogP contribution in [0.5, 0.6) is 5.75 Å². The molecule has 2 rings (SSSR count). The molecule has 0 unspecified atom stereocenters. The minimum atomic E-state index is -1.10. The van der Waals surface area contributed by atoms with E-state index in [1.807, 2.05) is 0 Å². The Morgan fingerprint density at radius 1 is 1.37 bits per heavy atom. The molecule has 0 aliphatic carbocycles. The van der Waals surface area contributed by atoms with Gasteiger partial charge >= 0.3 is 11.8 Å². The number of rotatable bonds is 1. The van der Waals surface area contributed by atoms with Crippen molar-refractivity contribution in [3.63, 3.8) is 0 Å². The second-order valence-corrected chi connectivity index (χ2v) is 3.88. The minimum Gasteiger partial charge on any atom is -0.410 e. The van der Waals surface area contributed by atoms with Crippen LogP contribution in [0.2, 0.25) is 5.02 Å². The van der Waals surface area contributed by atoms with Gasteiger partial charge in [0.25, 0.3) is 0 Å². The maximum atomic E-state index is 13.1. The molecule has 0 aliphatic heterocycles. The van der Waals surface area contributed by atoms with Crippen LogP contribution in [0.1, 0.15) is 0 Å². The molecule has 2 N–H and O–H groups in total. The third kappa shape index (κ3) is 2.89. The number of ether oxygens (including phenoxy) is 1. The Hall–Kier alpha value is -2.41. The highest BCUT2D eigenvalue weighted by Crippen LogP contribution is 2.16. The molecule has 1 aromatic carbocycles. The van der Waals surface area contributed by atoms with Crippen molar-refractivity contribution in [1.82, 2.24) is 9.55 Å². The number of nitrogen functional groups attached to an aromatic ring is 1. The van der Waals surface area contributed by atoms with Crippen molar-refractivity contribution in [1.29, 1.82) is 0 Å². The first kappa shape index (κ1) is 13.0. The number of hydrogen-bond donors (Lipinski definition) is 1. The topological polar surface area (TPSA) is 87.2 Å². The Labute approximate surface area is 111 Å². The summed E-state index contributed by atoms with van der Waals surface area (Å²) in [5.74, 6) is -1.42. The molecular weight excluding hydrogens is 277 g/mol. The molecule has 0 aliphatic rings. The zero-order valence-electron chi connectivity index (χ0n) is 9.34. The normalized spacial score (nSPS) is 10.2. The van der Waals surface area contributed by atoms with Crippen LogP contribution < -0.4 is 16.2 Å². The van der Waals surface area contributed by atoms with Gasteiger partial charge in [-0.1, -0.05) is 11.6 Å². The highest BCUT2D eigenvalue weighted by Gasteiger charge is 2.13. The van der Waals surface area contributed by atoms with Crippen LogP contribution in [0.25, 0.3) is 0 Å². The number of carbonyl (C=O) groups is 1. The molecular formula is C11H7ClFN3O3. The van der Waals surface area contributed by atoms with Crippen molar-refractivity contribution in [3.8, 4) is 5.75 Å². The van der Waals surface area contributed by atoms with Crippen LogP contribution in [0.3, 0.4) is 0 Å². The van der Waals surface area contributed by atoms with Crippen molar-refractivity contribution in [2.24, 2.45) is 0 Å². The Morgan fingerprint density at radius 2 is 2.00 bits per heavy atom. The Bertz CT molecular complexity index is 685. The predicted octanol–water partition coefficient (Wildman–Crippen LogP) is 1.67. The average molecular weight is 284 g/mol. The Morgan fingerprint density at radius 3 is 2.63 bits per heavy atom. The summed E-state index contributed by atoms with van der Waals surface area (Å²) in [5, 5.41) is 0.456. The van der Waals surface area contributed by atoms with Gasteiger partial charge in [-0.05, 0) is 24.3 Å². The van der Waals surface area contributed by atoms with Crippen LogP contribution in [-0.4, -0.2) is 15.6 Å². The van der Waals surface area contributed by atoms with E-state index >= 15 is 0 Å². The van der Waals surface area contributed by atoms with Crippen LogP contribution in [0.15, 0.2) is 35.3 Å². The van der Waals surface area contributed by atoms with E-state index in [1.165, 1.54) is 24.3 Å². The van der Waals surface area contributed by atoms with Crippen molar-refractivity contribution >= 4 is 23.5 Å². The maximum Gasteiger partial charge on any atom is 0.427 e. The van der Waals surface area contributed by atoms with Crippen LogP contribution >= 0.6 is 11.6 Å². The van der Waals surface area contributed by atoms with E-state index in [9.17, 15) is 14.0 Å². The SMILES string of the molecule is Nc1nc(=O)n(C(=O)Oc2ccc(Cl)cc2)cc1F. The van der Waals surface area contributed by atoms with E-state index in [4.69, 9.17) is 22.1 Å². The maximum absolute atomic E-state index is 13.1. The van der Waals surface area contributed by atoms with Crippen LogP contribution in [0, 0.1) is 5.82 Å². The van der Waals surface area contributed by atoms with Gasteiger partial charge in [0, 0.05) is 5.02 Å². The van der Waals surface area contributed by atoms with Gasteiger partial charge in [0.1, 0.15) is 5.75 Å². The molecule has 1 aromatic heterocycles. The predicted molar refractivity (Wildman–Crippen MR) is 65.7 cm³/mol. The Kier molecular flexibility index (Phi) is 3.48. The first-order chi connectivity index (χ1) is 8.97. The monoisotopic (exact) mass is 283 g/mol. The summed E-state index contributed by atoms with van der Waals surface area (Å²) in [5.41, 5.74) is 4.06. The summed E-state index contributed by atoms with van der Waals surface area (Å²) in [7, 11) is 0. The van der Waals surface area contributed by atoms with Crippen molar-refractivity contribution in [2.75, 3.05) is 5.73 Å². The van der Waals surface area contributed by atoms with Gasteiger partial charge in [-0.25, -0.2) is 14.0 Å². The van der Waals surface area contributed by atoms with E-state index in [0.29, 0.717) is 15.8 Å². The molecule has 8 heteroatoms. The number of nitrogens with two attached hydrogens (primary N) is 1. The highest BCUT2D eigenvalue weighted by atomic mass is 35.5. The lowest BCUT2D eigenvalue weighted by Crippen LogP contribution is -2.32. The van der Waals surface area contributed by atoms with Crippen LogP contribution in [0.4, 0.5) is 15.0 Å². The second-order valence-electron chi connectivity index (χ2n) is 3.45. The molecule has 0 amide bonds. The van der Waals surface area contributed by atoms with E-state index < -0.39 is 23.4 Å². The first-order valence-electron chi connectivity index (χ1n) is 5.00. The molecule has 0 fully saturated rings. The lowest BCUT2D eigenvalue weighted by molar-refractivity contribution is 0.200. The molecule has 98 valence electrons. The van der Waals surface area contributed by atoms with E-state index in [0.717, 1.165) is 0 Å². The zero-order chi connectivity index (χ0) is 14.0. The number of anilines is 1. The fraction of sp³-hybridized carbons (Fsp3) is 0. The molecule has 1 heterocycles. The number of benzene rings is 1. The van der Waals surface area contributed by atoms with Gasteiger partial charge in [0.2, 0.25) is 0 Å². The standard InChI is InChI=1S/C11H7ClFN3O3/c12-6-1-3-7(4-2-6)19-11(18)16-5-8(13)9(14)15-10(16)17/h1-5H,(H2,14,15,17). The molecule has 0 bridgehead atoms. The van der Waals surface area contributed by atoms with E-state index in [2.05, 4.69) is 4.98 Å². The molecule has 2 aromatic rings. The van der Waals surface area contributed by atoms with Gasteiger partial charge in [0.05, 0.1) is 6.20 Å². The van der Waals surface area contributed by atoms with Crippen LogP contribution in [-0.2, 0) is 0 Å². The fourth-order valence-corrected chi connectivity index (χ4v) is 1.35. The second kappa shape index (κ2) is 5.07. The number of nitrogens with zero attached hydrogens (tertiary/aromatic N) is 2. The molecule has 6 nitrogen and oxygen atoms in total. The molecule has 0 atom stereocenters. The quantitative estimate of drug-likeness (QED) is 0.860. The zero-order valence-corrected chi connectivity index (χ0v) is 10.1. The number of halogens is 2. The summed E-state index contributed by atoms with van der Waals surface area (Å²) in [6.07, 6.45) is -0.484. The van der Waals surface area contributed by atoms with Crippen molar-refractivity contribution < 1.29 is 13.9 Å².